The van der Waals surface area contributed by atoms with Crippen LogP contribution in [0.5, 0.6) is 0 Å². The van der Waals surface area contributed by atoms with Crippen molar-refractivity contribution in [1.29, 1.82) is 0 Å². The van der Waals surface area contributed by atoms with Crippen LogP contribution in [0.2, 0.25) is 0 Å². The molecular formula is C18H28N2O3S. The van der Waals surface area contributed by atoms with E-state index in [1.165, 1.54) is 4.31 Å². The second-order valence-corrected chi connectivity index (χ2v) is 8.25. The second-order valence-electron chi connectivity index (χ2n) is 6.36. The lowest BCUT2D eigenvalue weighted by molar-refractivity contribution is -0.134. The molecule has 0 N–H and O–H groups in total. The van der Waals surface area contributed by atoms with Gasteiger partial charge in [-0.3, -0.25) is 4.79 Å². The molecule has 1 aromatic carbocycles. The molecule has 1 saturated heterocycles. The maximum Gasteiger partial charge on any atom is 0.243 e. The summed E-state index contributed by atoms with van der Waals surface area (Å²) in [5, 5.41) is 0. The van der Waals surface area contributed by atoms with Crippen molar-refractivity contribution >= 4 is 15.9 Å². The molecule has 0 radical (unpaired) electrons. The number of nitrogens with zero attached hydrogens (tertiary/aromatic N) is 2. The summed E-state index contributed by atoms with van der Waals surface area (Å²) < 4.78 is 27.3. The highest BCUT2D eigenvalue weighted by molar-refractivity contribution is 7.89. The summed E-state index contributed by atoms with van der Waals surface area (Å²) in [5.74, 6) is -0.0564. The summed E-state index contributed by atoms with van der Waals surface area (Å²) in [4.78, 5) is 14.9. The Morgan fingerprint density at radius 2 is 1.92 bits per heavy atom. The largest absolute Gasteiger partial charge is 0.342 e. The van der Waals surface area contributed by atoms with E-state index in [-0.39, 0.29) is 10.8 Å². The van der Waals surface area contributed by atoms with Crippen molar-refractivity contribution in [2.45, 2.75) is 57.4 Å². The summed E-state index contributed by atoms with van der Waals surface area (Å²) >= 11 is 0. The molecule has 1 aliphatic heterocycles. The molecule has 0 saturated carbocycles. The van der Waals surface area contributed by atoms with Gasteiger partial charge in [0.2, 0.25) is 15.9 Å². The number of hydrogen-bond donors (Lipinski definition) is 0. The topological polar surface area (TPSA) is 57.7 Å². The normalized spacial score (nSPS) is 18.7. The quantitative estimate of drug-likeness (QED) is 0.758. The van der Waals surface area contributed by atoms with E-state index in [9.17, 15) is 13.2 Å². The molecule has 6 heteroatoms. The Kier molecular flexibility index (Phi) is 6.40. The van der Waals surface area contributed by atoms with Crippen LogP contribution in [0, 0.1) is 6.92 Å². The van der Waals surface area contributed by atoms with Gasteiger partial charge in [0.05, 0.1) is 4.90 Å². The lowest BCUT2D eigenvalue weighted by atomic mass is 10.2. The van der Waals surface area contributed by atoms with Crippen molar-refractivity contribution in [2.75, 3.05) is 19.6 Å². The van der Waals surface area contributed by atoms with Gasteiger partial charge >= 0.3 is 0 Å². The zero-order chi connectivity index (χ0) is 17.7. The molecule has 1 amide bonds. The van der Waals surface area contributed by atoms with Gasteiger partial charge < -0.3 is 4.90 Å². The maximum atomic E-state index is 12.9. The fourth-order valence-electron chi connectivity index (χ4n) is 3.10. The van der Waals surface area contributed by atoms with Crippen LogP contribution in [0.25, 0.3) is 0 Å². The third-order valence-corrected chi connectivity index (χ3v) is 6.51. The number of unbranched alkanes of at least 4 members (excludes halogenated alkanes) is 1. The second kappa shape index (κ2) is 8.12. The number of likely N-dealkylation sites (N-methyl/N-ethyl adjacent to an activating group) is 1. The lowest BCUT2D eigenvalue weighted by Gasteiger charge is -2.29. The van der Waals surface area contributed by atoms with Crippen molar-refractivity contribution < 1.29 is 13.2 Å². The summed E-state index contributed by atoms with van der Waals surface area (Å²) in [6, 6.07) is 6.27. The molecule has 1 aliphatic rings. The first-order chi connectivity index (χ1) is 11.4. The Labute approximate surface area is 145 Å². The molecule has 0 bridgehead atoms. The highest BCUT2D eigenvalue weighted by atomic mass is 32.2. The number of hydrogen-bond acceptors (Lipinski definition) is 3. The van der Waals surface area contributed by atoms with E-state index < -0.39 is 16.1 Å². The predicted octanol–water partition coefficient (Wildman–Crippen LogP) is 2.80. The molecule has 2 rings (SSSR count). The fraction of sp³-hybridized carbons (Fsp3) is 0.611. The lowest BCUT2D eigenvalue weighted by Crippen LogP contribution is -2.47. The summed E-state index contributed by atoms with van der Waals surface area (Å²) in [5.41, 5.74) is 1.01. The van der Waals surface area contributed by atoms with Crippen molar-refractivity contribution in [2.24, 2.45) is 0 Å². The fourth-order valence-corrected chi connectivity index (χ4v) is 4.76. The number of rotatable bonds is 7. The minimum absolute atomic E-state index is 0.0564. The van der Waals surface area contributed by atoms with E-state index in [0.717, 1.165) is 24.8 Å². The minimum atomic E-state index is -3.63. The van der Waals surface area contributed by atoms with E-state index in [4.69, 9.17) is 0 Å². The Morgan fingerprint density at radius 1 is 1.25 bits per heavy atom. The summed E-state index contributed by atoms with van der Waals surface area (Å²) in [7, 11) is -3.63. The Morgan fingerprint density at radius 3 is 2.50 bits per heavy atom. The van der Waals surface area contributed by atoms with Crippen LogP contribution in [0.3, 0.4) is 0 Å². The first kappa shape index (κ1) is 18.9. The van der Waals surface area contributed by atoms with E-state index in [0.29, 0.717) is 26.1 Å². The van der Waals surface area contributed by atoms with Crippen LogP contribution in [0.4, 0.5) is 0 Å². The Balaban J connectivity index is 2.22. The van der Waals surface area contributed by atoms with Gasteiger partial charge in [-0.25, -0.2) is 8.42 Å². The van der Waals surface area contributed by atoms with E-state index in [1.54, 1.807) is 29.2 Å². The van der Waals surface area contributed by atoms with Crippen LogP contribution in [-0.2, 0) is 14.8 Å². The molecule has 0 aliphatic carbocycles. The summed E-state index contributed by atoms with van der Waals surface area (Å²) in [6.07, 6.45) is 3.29. The number of aryl methyl sites for hydroxylation is 1. The molecule has 1 aromatic rings. The van der Waals surface area contributed by atoms with E-state index in [2.05, 4.69) is 6.92 Å². The Bertz CT molecular complexity index is 655. The molecule has 1 atom stereocenters. The van der Waals surface area contributed by atoms with Gasteiger partial charge in [-0.15, -0.1) is 0 Å². The highest BCUT2D eigenvalue weighted by Crippen LogP contribution is 2.27. The molecule has 24 heavy (non-hydrogen) atoms. The Hall–Kier alpha value is -1.40. The number of sulfonamides is 1. The summed E-state index contributed by atoms with van der Waals surface area (Å²) in [6.45, 7) is 7.68. The minimum Gasteiger partial charge on any atom is -0.342 e. The van der Waals surface area contributed by atoms with Crippen LogP contribution in [-0.4, -0.2) is 49.2 Å². The first-order valence-electron chi connectivity index (χ1n) is 8.79. The zero-order valence-electron chi connectivity index (χ0n) is 14.9. The SMILES string of the molecule is CCCCN(CC)C(=O)C1CCCN1S(=O)(=O)c1ccc(C)cc1. The van der Waals surface area contributed by atoms with Gasteiger partial charge in [-0.2, -0.15) is 4.31 Å². The van der Waals surface area contributed by atoms with Gasteiger partial charge in [-0.05, 0) is 45.2 Å². The standard InChI is InChI=1S/C18H28N2O3S/c1-4-6-13-19(5-2)18(21)17-8-7-14-20(17)24(22,23)16-11-9-15(3)10-12-16/h9-12,17H,4-8,13-14H2,1-3H3. The van der Waals surface area contributed by atoms with Crippen molar-refractivity contribution in [3.8, 4) is 0 Å². The van der Waals surface area contributed by atoms with Crippen molar-refractivity contribution in [1.82, 2.24) is 9.21 Å². The number of carbonyl (C=O) groups is 1. The van der Waals surface area contributed by atoms with Crippen molar-refractivity contribution in [3.05, 3.63) is 29.8 Å². The van der Waals surface area contributed by atoms with Gasteiger partial charge in [0.1, 0.15) is 6.04 Å². The first-order valence-corrected chi connectivity index (χ1v) is 10.2. The van der Waals surface area contributed by atoms with Gasteiger partial charge in [0, 0.05) is 19.6 Å². The third kappa shape index (κ3) is 3.98. The molecule has 134 valence electrons. The number of amides is 1. The van der Waals surface area contributed by atoms with Gasteiger partial charge in [0.15, 0.2) is 0 Å². The molecule has 5 nitrogen and oxygen atoms in total. The van der Waals surface area contributed by atoms with Crippen molar-refractivity contribution in [3.63, 3.8) is 0 Å². The number of carbonyl (C=O) groups excluding carboxylic acids is 1. The van der Waals surface area contributed by atoms with E-state index >= 15 is 0 Å². The molecule has 1 unspecified atom stereocenters. The average molecular weight is 353 g/mol. The molecular weight excluding hydrogens is 324 g/mol. The van der Waals surface area contributed by atoms with Crippen LogP contribution in [0.1, 0.15) is 45.1 Å². The molecule has 0 spiro atoms. The van der Waals surface area contributed by atoms with Gasteiger partial charge in [-0.1, -0.05) is 31.0 Å². The predicted molar refractivity (Wildman–Crippen MR) is 95.3 cm³/mol. The maximum absolute atomic E-state index is 12.9. The third-order valence-electron chi connectivity index (χ3n) is 4.59. The van der Waals surface area contributed by atoms with Crippen LogP contribution < -0.4 is 0 Å². The smallest absolute Gasteiger partial charge is 0.243 e. The molecule has 0 aromatic heterocycles. The highest BCUT2D eigenvalue weighted by Gasteiger charge is 2.40. The van der Waals surface area contributed by atoms with Gasteiger partial charge in [0.25, 0.3) is 0 Å². The number of benzene rings is 1. The molecule has 1 heterocycles. The van der Waals surface area contributed by atoms with Crippen LogP contribution >= 0.6 is 0 Å². The monoisotopic (exact) mass is 352 g/mol. The molecule has 1 fully saturated rings. The van der Waals surface area contributed by atoms with E-state index in [1.807, 2.05) is 13.8 Å². The van der Waals surface area contributed by atoms with Crippen LogP contribution in [0.15, 0.2) is 29.2 Å². The average Bonchev–Trinajstić information content (AvgIpc) is 3.06. The zero-order valence-corrected chi connectivity index (χ0v) is 15.7.